The van der Waals surface area contributed by atoms with Gasteiger partial charge in [0.1, 0.15) is 10.9 Å². The fourth-order valence-electron chi connectivity index (χ4n) is 3.48. The first kappa shape index (κ1) is 17.4. The standard InChI is InChI=1S/C16H21N3O3S2/c17-9-15-8-13(11-23-15)12-24(21,22)19-7-2-1-4-14(19)10-18-6-3-5-16(18)20/h8,11,14H,1-7,10,12H2. The lowest BCUT2D eigenvalue weighted by Crippen LogP contribution is -2.49. The summed E-state index contributed by atoms with van der Waals surface area (Å²) in [5.74, 6) is 0.0599. The zero-order chi connectivity index (χ0) is 17.2. The molecule has 6 nitrogen and oxygen atoms in total. The van der Waals surface area contributed by atoms with Crippen LogP contribution in [0.15, 0.2) is 11.4 Å². The molecule has 2 fully saturated rings. The quantitative estimate of drug-likeness (QED) is 0.796. The topological polar surface area (TPSA) is 81.5 Å². The van der Waals surface area contributed by atoms with Crippen LogP contribution in [0.1, 0.15) is 42.5 Å². The summed E-state index contributed by atoms with van der Waals surface area (Å²) >= 11 is 1.27. The van der Waals surface area contributed by atoms with Crippen molar-refractivity contribution in [1.29, 1.82) is 5.26 Å². The number of carbonyl (C=O) groups is 1. The molecule has 0 aromatic carbocycles. The lowest BCUT2D eigenvalue weighted by molar-refractivity contribution is -0.128. The third-order valence-corrected chi connectivity index (χ3v) is 7.42. The van der Waals surface area contributed by atoms with Crippen LogP contribution in [0.3, 0.4) is 0 Å². The molecule has 1 aromatic heterocycles. The molecular formula is C16H21N3O3S2. The van der Waals surface area contributed by atoms with Crippen LogP contribution in [0.25, 0.3) is 0 Å². The molecule has 0 saturated carbocycles. The Bertz CT molecular complexity index is 751. The van der Waals surface area contributed by atoms with E-state index in [0.29, 0.717) is 30.0 Å². The van der Waals surface area contributed by atoms with Crippen LogP contribution in [0.5, 0.6) is 0 Å². The molecule has 2 saturated heterocycles. The molecule has 3 heterocycles. The Morgan fingerprint density at radius 3 is 2.79 bits per heavy atom. The van der Waals surface area contributed by atoms with Gasteiger partial charge < -0.3 is 4.90 Å². The first-order valence-electron chi connectivity index (χ1n) is 8.24. The van der Waals surface area contributed by atoms with E-state index >= 15 is 0 Å². The number of rotatable bonds is 5. The van der Waals surface area contributed by atoms with Gasteiger partial charge in [-0.25, -0.2) is 8.42 Å². The highest BCUT2D eigenvalue weighted by Crippen LogP contribution is 2.26. The number of hydrogen-bond acceptors (Lipinski definition) is 5. The molecule has 1 unspecified atom stereocenters. The molecule has 0 bridgehead atoms. The highest BCUT2D eigenvalue weighted by atomic mass is 32.2. The zero-order valence-corrected chi connectivity index (χ0v) is 15.1. The van der Waals surface area contributed by atoms with E-state index in [1.165, 1.54) is 11.3 Å². The maximum Gasteiger partial charge on any atom is 0.222 e. The molecule has 0 spiro atoms. The number of nitrogens with zero attached hydrogens (tertiary/aromatic N) is 3. The maximum atomic E-state index is 12.9. The average molecular weight is 367 g/mol. The van der Waals surface area contributed by atoms with E-state index in [4.69, 9.17) is 5.26 Å². The summed E-state index contributed by atoms with van der Waals surface area (Å²) in [5.41, 5.74) is 0.665. The number of thiophene rings is 1. The summed E-state index contributed by atoms with van der Waals surface area (Å²) in [7, 11) is -3.45. The van der Waals surface area contributed by atoms with Crippen molar-refractivity contribution in [2.45, 2.75) is 43.9 Å². The smallest absolute Gasteiger partial charge is 0.222 e. The van der Waals surface area contributed by atoms with E-state index in [2.05, 4.69) is 0 Å². The fraction of sp³-hybridized carbons (Fsp3) is 0.625. The summed E-state index contributed by atoms with van der Waals surface area (Å²) < 4.78 is 27.3. The predicted molar refractivity (Wildman–Crippen MR) is 91.8 cm³/mol. The van der Waals surface area contributed by atoms with Gasteiger partial charge in [-0.15, -0.1) is 11.3 Å². The van der Waals surface area contributed by atoms with Gasteiger partial charge in [0.05, 0.1) is 5.75 Å². The van der Waals surface area contributed by atoms with E-state index in [1.54, 1.807) is 20.7 Å². The molecule has 24 heavy (non-hydrogen) atoms. The average Bonchev–Trinajstić information content (AvgIpc) is 3.17. The summed E-state index contributed by atoms with van der Waals surface area (Å²) in [6.07, 6.45) is 4.10. The van der Waals surface area contributed by atoms with E-state index < -0.39 is 10.0 Å². The monoisotopic (exact) mass is 367 g/mol. The van der Waals surface area contributed by atoms with E-state index in [0.717, 1.165) is 32.2 Å². The van der Waals surface area contributed by atoms with Crippen LogP contribution in [0.4, 0.5) is 0 Å². The minimum absolute atomic E-state index is 0.0738. The van der Waals surface area contributed by atoms with Crippen molar-refractivity contribution in [3.63, 3.8) is 0 Å². The first-order chi connectivity index (χ1) is 11.5. The Balaban J connectivity index is 1.73. The number of piperidine rings is 1. The van der Waals surface area contributed by atoms with Crippen LogP contribution in [0, 0.1) is 11.3 Å². The van der Waals surface area contributed by atoms with Crippen molar-refractivity contribution >= 4 is 27.3 Å². The molecule has 0 radical (unpaired) electrons. The number of hydrogen-bond donors (Lipinski definition) is 0. The van der Waals surface area contributed by atoms with Crippen molar-refractivity contribution in [2.75, 3.05) is 19.6 Å². The Labute approximate surface area is 146 Å². The third kappa shape index (κ3) is 3.79. The molecule has 0 N–H and O–H groups in total. The van der Waals surface area contributed by atoms with Gasteiger partial charge in [-0.05, 0) is 36.3 Å². The molecule has 8 heteroatoms. The Morgan fingerprint density at radius 2 is 2.12 bits per heavy atom. The second kappa shape index (κ2) is 7.21. The van der Waals surface area contributed by atoms with Gasteiger partial charge in [0.15, 0.2) is 0 Å². The molecule has 1 amide bonds. The van der Waals surface area contributed by atoms with Gasteiger partial charge in [0, 0.05) is 32.1 Å². The normalized spacial score (nSPS) is 22.7. The van der Waals surface area contributed by atoms with Crippen molar-refractivity contribution in [3.05, 3.63) is 21.9 Å². The molecule has 3 rings (SSSR count). The first-order valence-corrected chi connectivity index (χ1v) is 10.7. The van der Waals surface area contributed by atoms with Crippen molar-refractivity contribution in [1.82, 2.24) is 9.21 Å². The summed E-state index contributed by atoms with van der Waals surface area (Å²) in [5, 5.41) is 10.6. The van der Waals surface area contributed by atoms with Crippen LogP contribution < -0.4 is 0 Å². The molecule has 0 aliphatic carbocycles. The van der Waals surface area contributed by atoms with E-state index in [1.807, 2.05) is 6.07 Å². The number of carbonyl (C=O) groups excluding carboxylic acids is 1. The van der Waals surface area contributed by atoms with Gasteiger partial charge in [0.2, 0.25) is 15.9 Å². The van der Waals surface area contributed by atoms with Gasteiger partial charge in [0.25, 0.3) is 0 Å². The molecule has 130 valence electrons. The zero-order valence-electron chi connectivity index (χ0n) is 13.5. The Hall–Kier alpha value is -1.43. The highest BCUT2D eigenvalue weighted by Gasteiger charge is 2.35. The maximum absolute atomic E-state index is 12.9. The summed E-state index contributed by atoms with van der Waals surface area (Å²) in [4.78, 5) is 14.2. The summed E-state index contributed by atoms with van der Waals surface area (Å²) in [6.45, 7) is 1.76. The van der Waals surface area contributed by atoms with Crippen LogP contribution in [0.2, 0.25) is 0 Å². The lowest BCUT2D eigenvalue weighted by Gasteiger charge is -2.36. The second-order valence-electron chi connectivity index (χ2n) is 6.39. The predicted octanol–water partition coefficient (Wildman–Crippen LogP) is 1.93. The highest BCUT2D eigenvalue weighted by molar-refractivity contribution is 7.88. The van der Waals surface area contributed by atoms with Crippen LogP contribution in [-0.4, -0.2) is 49.2 Å². The van der Waals surface area contributed by atoms with Gasteiger partial charge >= 0.3 is 0 Å². The Kier molecular flexibility index (Phi) is 5.23. The lowest BCUT2D eigenvalue weighted by atomic mass is 10.0. The number of nitriles is 1. The molecule has 1 aromatic rings. The van der Waals surface area contributed by atoms with E-state index in [9.17, 15) is 13.2 Å². The van der Waals surface area contributed by atoms with Gasteiger partial charge in [-0.1, -0.05) is 6.42 Å². The molecular weight excluding hydrogens is 346 g/mol. The molecule has 2 aliphatic heterocycles. The van der Waals surface area contributed by atoms with Crippen molar-refractivity contribution < 1.29 is 13.2 Å². The van der Waals surface area contributed by atoms with E-state index in [-0.39, 0.29) is 17.7 Å². The molecule has 1 atom stereocenters. The summed E-state index contributed by atoms with van der Waals surface area (Å²) in [6, 6.07) is 3.56. The third-order valence-electron chi connectivity index (χ3n) is 4.65. The van der Waals surface area contributed by atoms with Crippen LogP contribution >= 0.6 is 11.3 Å². The Morgan fingerprint density at radius 1 is 1.29 bits per heavy atom. The minimum Gasteiger partial charge on any atom is -0.341 e. The number of likely N-dealkylation sites (tertiary alicyclic amines) is 1. The SMILES string of the molecule is N#Cc1cc(CS(=O)(=O)N2CCCCC2CN2CCCC2=O)cs1. The second-order valence-corrected chi connectivity index (χ2v) is 9.22. The van der Waals surface area contributed by atoms with Crippen molar-refractivity contribution in [2.24, 2.45) is 0 Å². The number of sulfonamides is 1. The van der Waals surface area contributed by atoms with Gasteiger partial charge in [-0.3, -0.25) is 4.79 Å². The largest absolute Gasteiger partial charge is 0.341 e. The minimum atomic E-state index is -3.45. The molecule has 2 aliphatic rings. The van der Waals surface area contributed by atoms with Gasteiger partial charge in [-0.2, -0.15) is 9.57 Å². The van der Waals surface area contributed by atoms with Crippen LogP contribution in [-0.2, 0) is 20.6 Å². The fourth-order valence-corrected chi connectivity index (χ4v) is 6.07. The number of amides is 1. The van der Waals surface area contributed by atoms with Crippen molar-refractivity contribution in [3.8, 4) is 6.07 Å².